The molecule has 0 aliphatic heterocycles. The second-order valence-corrected chi connectivity index (χ2v) is 4.00. The van der Waals surface area contributed by atoms with Crippen LogP contribution in [-0.2, 0) is 13.1 Å². The van der Waals surface area contributed by atoms with Crippen LogP contribution in [0.3, 0.4) is 0 Å². The highest BCUT2D eigenvalue weighted by Crippen LogP contribution is 2.08. The predicted octanol–water partition coefficient (Wildman–Crippen LogP) is 2.32. The van der Waals surface area contributed by atoms with E-state index in [4.69, 9.17) is 0 Å². The smallest absolute Gasteiger partial charge is 0.0638 e. The van der Waals surface area contributed by atoms with E-state index in [1.54, 1.807) is 0 Å². The predicted molar refractivity (Wildman–Crippen MR) is 65.0 cm³/mol. The van der Waals surface area contributed by atoms with E-state index in [1.165, 1.54) is 11.1 Å². The minimum absolute atomic E-state index is 0.864. The summed E-state index contributed by atoms with van der Waals surface area (Å²) in [6, 6.07) is 10.4. The molecule has 0 aliphatic carbocycles. The number of hydrogen-bond donors (Lipinski definition) is 2. The number of rotatable bonds is 4. The molecule has 0 saturated heterocycles. The maximum atomic E-state index is 4.18. The van der Waals surface area contributed by atoms with Crippen molar-refractivity contribution in [2.45, 2.75) is 26.9 Å². The first-order chi connectivity index (χ1) is 7.77. The Hall–Kier alpha value is -1.61. The van der Waals surface area contributed by atoms with E-state index in [2.05, 4.69) is 46.7 Å². The Bertz CT molecular complexity index is 426. The van der Waals surface area contributed by atoms with Crippen LogP contribution in [0.4, 0.5) is 0 Å². The quantitative estimate of drug-likeness (QED) is 0.821. The van der Waals surface area contributed by atoms with Gasteiger partial charge in [-0.3, -0.25) is 5.10 Å². The topological polar surface area (TPSA) is 40.7 Å². The molecule has 1 aromatic heterocycles. The Balaban J connectivity index is 1.89. The molecule has 2 aromatic rings. The highest BCUT2D eigenvalue weighted by molar-refractivity contribution is 5.23. The highest BCUT2D eigenvalue weighted by atomic mass is 15.1. The van der Waals surface area contributed by atoms with E-state index >= 15 is 0 Å². The molecule has 3 heteroatoms. The zero-order valence-corrected chi connectivity index (χ0v) is 9.75. The van der Waals surface area contributed by atoms with Crippen molar-refractivity contribution in [2.24, 2.45) is 0 Å². The number of benzene rings is 1. The van der Waals surface area contributed by atoms with Gasteiger partial charge in [0.15, 0.2) is 0 Å². The van der Waals surface area contributed by atoms with Crippen LogP contribution in [0.5, 0.6) is 0 Å². The van der Waals surface area contributed by atoms with Gasteiger partial charge in [-0.2, -0.15) is 5.10 Å². The van der Waals surface area contributed by atoms with Crippen molar-refractivity contribution in [2.75, 3.05) is 0 Å². The lowest BCUT2D eigenvalue weighted by Gasteiger charge is -2.05. The Morgan fingerprint density at radius 2 is 1.88 bits per heavy atom. The third-order valence-electron chi connectivity index (χ3n) is 2.75. The van der Waals surface area contributed by atoms with Gasteiger partial charge in [-0.15, -0.1) is 0 Å². The maximum Gasteiger partial charge on any atom is 0.0638 e. The van der Waals surface area contributed by atoms with Crippen molar-refractivity contribution in [3.8, 4) is 0 Å². The Kier molecular flexibility index (Phi) is 3.37. The Labute approximate surface area is 95.9 Å². The molecule has 0 unspecified atom stereocenters. The van der Waals surface area contributed by atoms with Gasteiger partial charge in [0.2, 0.25) is 0 Å². The minimum atomic E-state index is 0.864. The normalized spacial score (nSPS) is 10.6. The Morgan fingerprint density at radius 3 is 2.50 bits per heavy atom. The van der Waals surface area contributed by atoms with Crippen LogP contribution in [0, 0.1) is 13.8 Å². The third kappa shape index (κ3) is 2.49. The molecule has 16 heavy (non-hydrogen) atoms. The second-order valence-electron chi connectivity index (χ2n) is 4.00. The van der Waals surface area contributed by atoms with Crippen molar-refractivity contribution < 1.29 is 0 Å². The molecule has 84 valence electrons. The third-order valence-corrected chi connectivity index (χ3v) is 2.75. The first-order valence-corrected chi connectivity index (χ1v) is 5.52. The summed E-state index contributed by atoms with van der Waals surface area (Å²) in [4.78, 5) is 0. The van der Waals surface area contributed by atoms with E-state index < -0.39 is 0 Å². The molecule has 2 rings (SSSR count). The summed E-state index contributed by atoms with van der Waals surface area (Å²) >= 11 is 0. The number of H-pyrrole nitrogens is 1. The number of aromatic amines is 1. The number of hydrogen-bond acceptors (Lipinski definition) is 2. The van der Waals surface area contributed by atoms with Crippen LogP contribution >= 0.6 is 0 Å². The summed E-state index contributed by atoms with van der Waals surface area (Å²) in [5.74, 6) is 0. The fourth-order valence-corrected chi connectivity index (χ4v) is 1.76. The number of nitrogens with one attached hydrogen (secondary N) is 2. The molecular weight excluding hydrogens is 198 g/mol. The molecule has 0 bridgehead atoms. The standard InChI is InChI=1S/C13H17N3/c1-10-13(11(2)16-15-10)9-14-8-12-6-4-3-5-7-12/h3-7,14H,8-9H2,1-2H3,(H,15,16). The number of nitrogens with zero attached hydrogens (tertiary/aromatic N) is 1. The molecular formula is C13H17N3. The molecule has 1 aromatic carbocycles. The van der Waals surface area contributed by atoms with E-state index in [9.17, 15) is 0 Å². The van der Waals surface area contributed by atoms with Gasteiger partial charge in [0.05, 0.1) is 5.69 Å². The summed E-state index contributed by atoms with van der Waals surface area (Å²) in [5, 5.41) is 10.6. The summed E-state index contributed by atoms with van der Waals surface area (Å²) < 4.78 is 0. The van der Waals surface area contributed by atoms with Gasteiger partial charge in [-0.05, 0) is 19.4 Å². The van der Waals surface area contributed by atoms with E-state index in [0.717, 1.165) is 24.5 Å². The minimum Gasteiger partial charge on any atom is -0.308 e. The number of aromatic nitrogens is 2. The van der Waals surface area contributed by atoms with Crippen LogP contribution < -0.4 is 5.32 Å². The summed E-state index contributed by atoms with van der Waals surface area (Å²) in [6.07, 6.45) is 0. The lowest BCUT2D eigenvalue weighted by atomic mass is 10.2. The van der Waals surface area contributed by atoms with Crippen molar-refractivity contribution in [3.63, 3.8) is 0 Å². The molecule has 0 aliphatic rings. The summed E-state index contributed by atoms with van der Waals surface area (Å²) in [5.41, 5.74) is 4.81. The van der Waals surface area contributed by atoms with Crippen LogP contribution in [0.25, 0.3) is 0 Å². The van der Waals surface area contributed by atoms with E-state index in [-0.39, 0.29) is 0 Å². The zero-order valence-electron chi connectivity index (χ0n) is 9.75. The molecule has 0 radical (unpaired) electrons. The molecule has 3 nitrogen and oxygen atoms in total. The lowest BCUT2D eigenvalue weighted by Crippen LogP contribution is -2.13. The van der Waals surface area contributed by atoms with Crippen LogP contribution in [-0.4, -0.2) is 10.2 Å². The van der Waals surface area contributed by atoms with Gasteiger partial charge >= 0.3 is 0 Å². The first kappa shape index (κ1) is 10.9. The molecule has 2 N–H and O–H groups in total. The highest BCUT2D eigenvalue weighted by Gasteiger charge is 2.04. The number of aryl methyl sites for hydroxylation is 2. The van der Waals surface area contributed by atoms with Gasteiger partial charge in [-0.1, -0.05) is 30.3 Å². The molecule has 0 spiro atoms. The summed E-state index contributed by atoms with van der Waals surface area (Å²) in [6.45, 7) is 5.84. The molecule has 0 fully saturated rings. The van der Waals surface area contributed by atoms with Gasteiger partial charge in [0, 0.05) is 24.3 Å². The monoisotopic (exact) mass is 215 g/mol. The average Bonchev–Trinajstić information content (AvgIpc) is 2.62. The average molecular weight is 215 g/mol. The zero-order chi connectivity index (χ0) is 11.4. The lowest BCUT2D eigenvalue weighted by molar-refractivity contribution is 0.688. The van der Waals surface area contributed by atoms with Crippen molar-refractivity contribution in [1.29, 1.82) is 0 Å². The molecule has 0 atom stereocenters. The molecule has 0 amide bonds. The maximum absolute atomic E-state index is 4.18. The second kappa shape index (κ2) is 4.94. The van der Waals surface area contributed by atoms with Gasteiger partial charge < -0.3 is 5.32 Å². The first-order valence-electron chi connectivity index (χ1n) is 5.52. The fourth-order valence-electron chi connectivity index (χ4n) is 1.76. The van der Waals surface area contributed by atoms with Crippen LogP contribution in [0.1, 0.15) is 22.5 Å². The van der Waals surface area contributed by atoms with Gasteiger partial charge in [0.1, 0.15) is 0 Å². The van der Waals surface area contributed by atoms with Crippen molar-refractivity contribution in [1.82, 2.24) is 15.5 Å². The van der Waals surface area contributed by atoms with Gasteiger partial charge in [0.25, 0.3) is 0 Å². The Morgan fingerprint density at radius 1 is 1.12 bits per heavy atom. The van der Waals surface area contributed by atoms with Crippen molar-refractivity contribution >= 4 is 0 Å². The largest absolute Gasteiger partial charge is 0.308 e. The SMILES string of the molecule is Cc1n[nH]c(C)c1CNCc1ccccc1. The fraction of sp³-hybridized carbons (Fsp3) is 0.308. The molecule has 0 saturated carbocycles. The van der Waals surface area contributed by atoms with E-state index in [0.29, 0.717) is 0 Å². The molecule has 1 heterocycles. The van der Waals surface area contributed by atoms with E-state index in [1.807, 2.05) is 13.0 Å². The summed E-state index contributed by atoms with van der Waals surface area (Å²) in [7, 11) is 0. The van der Waals surface area contributed by atoms with Crippen LogP contribution in [0.2, 0.25) is 0 Å². The van der Waals surface area contributed by atoms with Gasteiger partial charge in [-0.25, -0.2) is 0 Å². The van der Waals surface area contributed by atoms with Crippen LogP contribution in [0.15, 0.2) is 30.3 Å². The van der Waals surface area contributed by atoms with Crippen molar-refractivity contribution in [3.05, 3.63) is 52.8 Å².